The summed E-state index contributed by atoms with van der Waals surface area (Å²) < 4.78 is 6.31. The monoisotopic (exact) mass is 516 g/mol. The minimum absolute atomic E-state index is 0.0153. The fourth-order valence-corrected chi connectivity index (χ4v) is 3.10. The summed E-state index contributed by atoms with van der Waals surface area (Å²) in [5.41, 5.74) is 1.41. The molecule has 6 nitrogen and oxygen atoms in total. The summed E-state index contributed by atoms with van der Waals surface area (Å²) in [6.07, 6.45) is 1.55. The van der Waals surface area contributed by atoms with Gasteiger partial charge in [-0.3, -0.25) is 10.1 Å². The number of rotatable bonds is 6. The molecule has 0 spiro atoms. The number of hydrogen-bond donors (Lipinski definition) is 1. The summed E-state index contributed by atoms with van der Waals surface area (Å²) in [5, 5.41) is 14.1. The highest BCUT2D eigenvalue weighted by Crippen LogP contribution is 2.28. The van der Waals surface area contributed by atoms with Crippen LogP contribution in [0.2, 0.25) is 0 Å². The van der Waals surface area contributed by atoms with E-state index in [1.165, 1.54) is 6.07 Å². The highest BCUT2D eigenvalue weighted by Gasteiger charge is 2.17. The Bertz CT molecular complexity index is 839. The molecule has 0 aliphatic carbocycles. The maximum atomic E-state index is 12.3. The molecule has 130 valence electrons. The fourth-order valence-electron chi connectivity index (χ4n) is 2.01. The Balaban J connectivity index is 2.47. The predicted octanol–water partition coefficient (Wildman–Crippen LogP) is 4.98. The van der Waals surface area contributed by atoms with E-state index >= 15 is 0 Å². The normalized spacial score (nSPS) is 11.1. The molecule has 2 aromatic carbocycles. The Morgan fingerprint density at radius 3 is 2.68 bits per heavy atom. The second-order valence-electron chi connectivity index (χ2n) is 4.82. The molecule has 0 saturated heterocycles. The van der Waals surface area contributed by atoms with Gasteiger partial charge in [-0.2, -0.15) is 0 Å². The van der Waals surface area contributed by atoms with E-state index < -0.39 is 10.9 Å². The van der Waals surface area contributed by atoms with Crippen molar-refractivity contribution < 1.29 is 14.5 Å². The molecule has 0 aliphatic rings. The standard InChI is InChI=1S/C17H14BrIN2O4/c1-2-25-17(22)14(20-13-8-4-3-7-12(13)18)10-11-6-5-9-15(16(11)19)21(23)24/h3-10,20H,2H2,1H3/b14-10+. The molecule has 0 amide bonds. The molecular weight excluding hydrogens is 503 g/mol. The first kappa shape index (κ1) is 19.4. The first-order chi connectivity index (χ1) is 11.9. The second kappa shape index (κ2) is 8.95. The van der Waals surface area contributed by atoms with Crippen LogP contribution >= 0.6 is 38.5 Å². The average molecular weight is 517 g/mol. The number of carbonyl (C=O) groups is 1. The van der Waals surface area contributed by atoms with Crippen LogP contribution in [0.5, 0.6) is 0 Å². The summed E-state index contributed by atoms with van der Waals surface area (Å²) in [7, 11) is 0. The third kappa shape index (κ3) is 5.02. The number of para-hydroxylation sites is 1. The van der Waals surface area contributed by atoms with Gasteiger partial charge >= 0.3 is 5.97 Å². The van der Waals surface area contributed by atoms with Gasteiger partial charge in [-0.15, -0.1) is 0 Å². The molecule has 0 aromatic heterocycles. The van der Waals surface area contributed by atoms with Gasteiger partial charge in [0.15, 0.2) is 0 Å². The van der Waals surface area contributed by atoms with Crippen LogP contribution < -0.4 is 5.32 Å². The first-order valence-electron chi connectivity index (χ1n) is 7.27. The van der Waals surface area contributed by atoms with Crippen LogP contribution in [0.3, 0.4) is 0 Å². The largest absolute Gasteiger partial charge is 0.461 e. The zero-order valence-electron chi connectivity index (χ0n) is 13.2. The lowest BCUT2D eigenvalue weighted by molar-refractivity contribution is -0.385. The lowest BCUT2D eigenvalue weighted by Gasteiger charge is -2.12. The van der Waals surface area contributed by atoms with Crippen LogP contribution in [-0.2, 0) is 9.53 Å². The maximum Gasteiger partial charge on any atom is 0.354 e. The van der Waals surface area contributed by atoms with Gasteiger partial charge in [-0.1, -0.05) is 24.3 Å². The zero-order chi connectivity index (χ0) is 18.4. The van der Waals surface area contributed by atoms with Crippen molar-refractivity contribution in [2.24, 2.45) is 0 Å². The summed E-state index contributed by atoms with van der Waals surface area (Å²) in [4.78, 5) is 22.9. The summed E-state index contributed by atoms with van der Waals surface area (Å²) >= 11 is 5.31. The minimum atomic E-state index is -0.541. The number of ether oxygens (including phenoxy) is 1. The number of anilines is 1. The SMILES string of the molecule is CCOC(=O)/C(=C\c1cccc([N+](=O)[O-])c1I)Nc1ccccc1Br. The van der Waals surface area contributed by atoms with Crippen molar-refractivity contribution in [3.05, 3.63) is 71.9 Å². The molecule has 0 radical (unpaired) electrons. The molecule has 8 heteroatoms. The smallest absolute Gasteiger partial charge is 0.354 e. The third-order valence-electron chi connectivity index (χ3n) is 3.14. The van der Waals surface area contributed by atoms with Crippen molar-refractivity contribution >= 4 is 61.9 Å². The van der Waals surface area contributed by atoms with Crippen LogP contribution in [0.15, 0.2) is 52.6 Å². The van der Waals surface area contributed by atoms with Gasteiger partial charge in [-0.05, 0) is 69.2 Å². The number of nitro benzene ring substituents is 1. The molecule has 0 saturated carbocycles. The van der Waals surface area contributed by atoms with E-state index in [4.69, 9.17) is 4.74 Å². The van der Waals surface area contributed by atoms with Gasteiger partial charge in [0, 0.05) is 10.5 Å². The Hall–Kier alpha value is -1.94. The molecule has 1 N–H and O–H groups in total. The van der Waals surface area contributed by atoms with Gasteiger partial charge in [0.1, 0.15) is 5.70 Å². The van der Waals surface area contributed by atoms with E-state index in [0.29, 0.717) is 14.8 Å². The molecule has 25 heavy (non-hydrogen) atoms. The van der Waals surface area contributed by atoms with Crippen LogP contribution in [0.25, 0.3) is 6.08 Å². The number of nitrogens with one attached hydrogen (secondary N) is 1. The van der Waals surface area contributed by atoms with Crippen molar-refractivity contribution in [1.82, 2.24) is 0 Å². The highest BCUT2D eigenvalue weighted by molar-refractivity contribution is 14.1. The molecule has 2 rings (SSSR count). The minimum Gasteiger partial charge on any atom is -0.461 e. The van der Waals surface area contributed by atoms with Crippen molar-refractivity contribution in [2.75, 3.05) is 11.9 Å². The van der Waals surface area contributed by atoms with Crippen molar-refractivity contribution in [1.29, 1.82) is 0 Å². The lowest BCUT2D eigenvalue weighted by atomic mass is 10.1. The van der Waals surface area contributed by atoms with E-state index in [1.54, 1.807) is 31.2 Å². The van der Waals surface area contributed by atoms with Crippen molar-refractivity contribution in [2.45, 2.75) is 6.92 Å². The second-order valence-corrected chi connectivity index (χ2v) is 6.75. The average Bonchev–Trinajstić information content (AvgIpc) is 2.57. The lowest BCUT2D eigenvalue weighted by Crippen LogP contribution is -2.15. The van der Waals surface area contributed by atoms with Gasteiger partial charge in [0.05, 0.1) is 20.8 Å². The summed E-state index contributed by atoms with van der Waals surface area (Å²) in [5.74, 6) is -0.541. The quantitative estimate of drug-likeness (QED) is 0.192. The first-order valence-corrected chi connectivity index (χ1v) is 9.14. The molecule has 0 heterocycles. The van der Waals surface area contributed by atoms with Crippen molar-refractivity contribution in [3.8, 4) is 0 Å². The predicted molar refractivity (Wildman–Crippen MR) is 108 cm³/mol. The fraction of sp³-hybridized carbons (Fsp3) is 0.118. The third-order valence-corrected chi connectivity index (χ3v) is 5.01. The van der Waals surface area contributed by atoms with Gasteiger partial charge in [0.2, 0.25) is 0 Å². The van der Waals surface area contributed by atoms with Gasteiger partial charge < -0.3 is 10.1 Å². The van der Waals surface area contributed by atoms with Crippen LogP contribution in [-0.4, -0.2) is 17.5 Å². The number of hydrogen-bond acceptors (Lipinski definition) is 5. The molecule has 0 fully saturated rings. The van der Waals surface area contributed by atoms with E-state index in [0.717, 1.165) is 4.47 Å². The number of carbonyl (C=O) groups excluding carboxylic acids is 1. The van der Waals surface area contributed by atoms with E-state index in [1.807, 2.05) is 40.8 Å². The zero-order valence-corrected chi connectivity index (χ0v) is 16.9. The Labute approximate surface area is 166 Å². The molecule has 2 aromatic rings. The van der Waals surface area contributed by atoms with Crippen molar-refractivity contribution in [3.63, 3.8) is 0 Å². The van der Waals surface area contributed by atoms with E-state index in [2.05, 4.69) is 21.2 Å². The van der Waals surface area contributed by atoms with E-state index in [9.17, 15) is 14.9 Å². The molecule has 0 aliphatic heterocycles. The number of benzene rings is 2. The molecule has 0 bridgehead atoms. The van der Waals surface area contributed by atoms with Crippen LogP contribution in [0.1, 0.15) is 12.5 Å². The Morgan fingerprint density at radius 1 is 1.32 bits per heavy atom. The molecule has 0 unspecified atom stereocenters. The highest BCUT2D eigenvalue weighted by atomic mass is 127. The number of nitro groups is 1. The van der Waals surface area contributed by atoms with Gasteiger partial charge in [-0.25, -0.2) is 4.79 Å². The molecule has 0 atom stereocenters. The topological polar surface area (TPSA) is 81.5 Å². The number of esters is 1. The molecular formula is C17H14BrIN2O4. The number of halogens is 2. The van der Waals surface area contributed by atoms with Crippen LogP contribution in [0, 0.1) is 13.7 Å². The maximum absolute atomic E-state index is 12.3. The van der Waals surface area contributed by atoms with E-state index in [-0.39, 0.29) is 18.0 Å². The summed E-state index contributed by atoms with van der Waals surface area (Å²) in [6, 6.07) is 12.0. The Morgan fingerprint density at radius 2 is 2.04 bits per heavy atom. The Kier molecular flexibility index (Phi) is 6.94. The van der Waals surface area contributed by atoms with Gasteiger partial charge in [0.25, 0.3) is 5.69 Å². The summed E-state index contributed by atoms with van der Waals surface area (Å²) in [6.45, 7) is 1.94. The number of nitrogens with zero attached hydrogens (tertiary/aromatic N) is 1. The van der Waals surface area contributed by atoms with Crippen LogP contribution in [0.4, 0.5) is 11.4 Å².